The quantitative estimate of drug-likeness (QED) is 0.576. The molecule has 0 bridgehead atoms. The lowest BCUT2D eigenvalue weighted by Gasteiger charge is -2.06. The molecule has 25 heavy (non-hydrogen) atoms. The molecule has 0 atom stereocenters. The lowest BCUT2D eigenvalue weighted by atomic mass is 10.2. The maximum atomic E-state index is 12.7. The predicted octanol–water partition coefficient (Wildman–Crippen LogP) is 2.77. The van der Waals surface area contributed by atoms with Crippen molar-refractivity contribution in [2.24, 2.45) is 0 Å². The summed E-state index contributed by atoms with van der Waals surface area (Å²) in [6.07, 6.45) is 6.77. The van der Waals surface area contributed by atoms with Gasteiger partial charge < -0.3 is 4.74 Å². The number of aryl methyl sites for hydroxylation is 1. The zero-order chi connectivity index (χ0) is 17.2. The highest BCUT2D eigenvalue weighted by Gasteiger charge is 2.08. The molecule has 0 amide bonds. The third-order valence-electron chi connectivity index (χ3n) is 3.90. The molecule has 0 saturated carbocycles. The van der Waals surface area contributed by atoms with Crippen molar-refractivity contribution in [1.29, 1.82) is 0 Å². The molecule has 0 aliphatic carbocycles. The summed E-state index contributed by atoms with van der Waals surface area (Å²) in [5.41, 5.74) is 3.08. The van der Waals surface area contributed by atoms with E-state index < -0.39 is 0 Å². The summed E-state index contributed by atoms with van der Waals surface area (Å²) in [6, 6.07) is 13.2. The van der Waals surface area contributed by atoms with Crippen molar-refractivity contribution in [1.82, 2.24) is 18.9 Å². The Morgan fingerprint density at radius 1 is 1.12 bits per heavy atom. The Kier molecular flexibility index (Phi) is 3.78. The number of hydrogen-bond acceptors (Lipinski definition) is 4. The molecule has 3 heterocycles. The van der Waals surface area contributed by atoms with E-state index in [9.17, 15) is 4.79 Å². The van der Waals surface area contributed by atoms with Gasteiger partial charge in [0.25, 0.3) is 0 Å². The van der Waals surface area contributed by atoms with Crippen LogP contribution in [0.1, 0.15) is 11.3 Å². The highest BCUT2D eigenvalue weighted by Crippen LogP contribution is 2.11. The number of imidazole rings is 1. The molecule has 6 heteroatoms. The van der Waals surface area contributed by atoms with E-state index in [-0.39, 0.29) is 12.3 Å². The van der Waals surface area contributed by atoms with Crippen LogP contribution >= 0.6 is 0 Å². The molecule has 4 aromatic rings. The van der Waals surface area contributed by atoms with Crippen molar-refractivity contribution in [2.45, 2.75) is 13.5 Å². The van der Waals surface area contributed by atoms with Gasteiger partial charge in [-0.15, -0.1) is 0 Å². The van der Waals surface area contributed by atoms with Crippen LogP contribution in [-0.2, 0) is 6.61 Å². The second-order valence-electron chi connectivity index (χ2n) is 5.74. The molecular weight excluding hydrogens is 316 g/mol. The molecule has 0 spiro atoms. The Hall–Kier alpha value is -3.41. The number of fused-ring (bicyclic) bond motifs is 1. The first-order valence-corrected chi connectivity index (χ1v) is 7.90. The van der Waals surface area contributed by atoms with Gasteiger partial charge in [-0.25, -0.2) is 9.78 Å². The van der Waals surface area contributed by atoms with Crippen LogP contribution in [0.5, 0.6) is 5.75 Å². The van der Waals surface area contributed by atoms with Gasteiger partial charge >= 0.3 is 5.69 Å². The van der Waals surface area contributed by atoms with Crippen molar-refractivity contribution in [2.75, 3.05) is 0 Å². The Labute approximate surface area is 144 Å². The SMILES string of the molecule is Cc1ccc(-n2ccc3nc(COc4cccnc4)cn3c2=O)cc1. The predicted molar refractivity (Wildman–Crippen MR) is 94.1 cm³/mol. The van der Waals surface area contributed by atoms with E-state index in [4.69, 9.17) is 4.74 Å². The number of nitrogens with zero attached hydrogens (tertiary/aromatic N) is 4. The minimum Gasteiger partial charge on any atom is -0.486 e. The number of pyridine rings is 1. The zero-order valence-electron chi connectivity index (χ0n) is 13.7. The molecular formula is C19H16N4O2. The molecule has 0 N–H and O–H groups in total. The molecule has 0 aliphatic heterocycles. The second kappa shape index (κ2) is 6.24. The van der Waals surface area contributed by atoms with Gasteiger partial charge in [-0.3, -0.25) is 14.0 Å². The molecule has 6 nitrogen and oxygen atoms in total. The first-order chi connectivity index (χ1) is 12.2. The van der Waals surface area contributed by atoms with Crippen molar-refractivity contribution >= 4 is 5.65 Å². The van der Waals surface area contributed by atoms with E-state index in [1.54, 1.807) is 35.4 Å². The van der Waals surface area contributed by atoms with Crippen molar-refractivity contribution < 1.29 is 4.74 Å². The summed E-state index contributed by atoms with van der Waals surface area (Å²) in [4.78, 5) is 21.2. The van der Waals surface area contributed by atoms with Gasteiger partial charge in [0.1, 0.15) is 18.0 Å². The van der Waals surface area contributed by atoms with Gasteiger partial charge in [0.2, 0.25) is 0 Å². The molecule has 0 aliphatic rings. The van der Waals surface area contributed by atoms with Crippen LogP contribution in [0.25, 0.3) is 11.3 Å². The van der Waals surface area contributed by atoms with Crippen LogP contribution in [0.3, 0.4) is 0 Å². The lowest BCUT2D eigenvalue weighted by molar-refractivity contribution is 0.301. The van der Waals surface area contributed by atoms with Crippen molar-refractivity contribution in [3.05, 3.63) is 89.0 Å². The summed E-state index contributed by atoms with van der Waals surface area (Å²) in [5, 5.41) is 0. The van der Waals surface area contributed by atoms with Crippen LogP contribution in [0.15, 0.2) is 72.0 Å². The fraction of sp³-hybridized carbons (Fsp3) is 0.105. The van der Waals surface area contributed by atoms with E-state index in [1.165, 1.54) is 4.40 Å². The Morgan fingerprint density at radius 2 is 1.96 bits per heavy atom. The maximum Gasteiger partial charge on any atom is 0.338 e. The highest BCUT2D eigenvalue weighted by atomic mass is 16.5. The van der Waals surface area contributed by atoms with Gasteiger partial charge in [-0.1, -0.05) is 17.7 Å². The van der Waals surface area contributed by atoms with Gasteiger partial charge in [-0.2, -0.15) is 0 Å². The van der Waals surface area contributed by atoms with Gasteiger partial charge in [0.05, 0.1) is 17.6 Å². The molecule has 0 radical (unpaired) electrons. The first kappa shape index (κ1) is 15.1. The summed E-state index contributed by atoms with van der Waals surface area (Å²) < 4.78 is 8.77. The van der Waals surface area contributed by atoms with E-state index in [2.05, 4.69) is 9.97 Å². The molecule has 3 aromatic heterocycles. The van der Waals surface area contributed by atoms with E-state index in [0.717, 1.165) is 11.3 Å². The van der Waals surface area contributed by atoms with Crippen LogP contribution in [0.4, 0.5) is 0 Å². The molecule has 0 fully saturated rings. The number of rotatable bonds is 4. The third-order valence-corrected chi connectivity index (χ3v) is 3.90. The Bertz CT molecular complexity index is 1070. The van der Waals surface area contributed by atoms with Gasteiger partial charge in [-0.05, 0) is 37.3 Å². The van der Waals surface area contributed by atoms with Crippen molar-refractivity contribution in [3.8, 4) is 11.4 Å². The van der Waals surface area contributed by atoms with Crippen molar-refractivity contribution in [3.63, 3.8) is 0 Å². The number of aromatic nitrogens is 4. The van der Waals surface area contributed by atoms with Crippen LogP contribution in [0, 0.1) is 6.92 Å². The van der Waals surface area contributed by atoms with E-state index >= 15 is 0 Å². The van der Waals surface area contributed by atoms with Gasteiger partial charge in [0.15, 0.2) is 0 Å². The summed E-state index contributed by atoms with van der Waals surface area (Å²) in [6.45, 7) is 2.29. The fourth-order valence-electron chi connectivity index (χ4n) is 2.60. The maximum absolute atomic E-state index is 12.7. The monoisotopic (exact) mass is 332 g/mol. The lowest BCUT2D eigenvalue weighted by Crippen LogP contribution is -2.24. The minimum absolute atomic E-state index is 0.165. The Morgan fingerprint density at radius 3 is 2.72 bits per heavy atom. The smallest absolute Gasteiger partial charge is 0.338 e. The summed E-state index contributed by atoms with van der Waals surface area (Å²) in [7, 11) is 0. The highest BCUT2D eigenvalue weighted by molar-refractivity contribution is 5.41. The topological polar surface area (TPSA) is 61.4 Å². The number of benzene rings is 1. The molecule has 4 rings (SSSR count). The molecule has 1 aromatic carbocycles. The normalized spacial score (nSPS) is 10.9. The van der Waals surface area contributed by atoms with E-state index in [0.29, 0.717) is 17.1 Å². The van der Waals surface area contributed by atoms with Crippen LogP contribution in [0.2, 0.25) is 0 Å². The average molecular weight is 332 g/mol. The number of hydrogen-bond donors (Lipinski definition) is 0. The molecule has 124 valence electrons. The van der Waals surface area contributed by atoms with Crippen LogP contribution in [-0.4, -0.2) is 18.9 Å². The molecule has 0 unspecified atom stereocenters. The average Bonchev–Trinajstić information content (AvgIpc) is 3.06. The van der Waals surface area contributed by atoms with Crippen LogP contribution < -0.4 is 10.4 Å². The standard InChI is InChI=1S/C19H16N4O2/c1-14-4-6-16(7-5-14)22-10-8-18-21-15(12-23(18)19(22)24)13-25-17-3-2-9-20-11-17/h2-12H,13H2,1H3. The largest absolute Gasteiger partial charge is 0.486 e. The second-order valence-corrected chi connectivity index (χ2v) is 5.74. The van der Waals surface area contributed by atoms with Gasteiger partial charge in [0, 0.05) is 18.6 Å². The summed E-state index contributed by atoms with van der Waals surface area (Å²) >= 11 is 0. The molecule has 0 saturated heterocycles. The third kappa shape index (κ3) is 3.01. The van der Waals surface area contributed by atoms with E-state index in [1.807, 2.05) is 43.3 Å². The zero-order valence-corrected chi connectivity index (χ0v) is 13.7. The number of ether oxygens (including phenoxy) is 1. The fourth-order valence-corrected chi connectivity index (χ4v) is 2.60. The summed E-state index contributed by atoms with van der Waals surface area (Å²) in [5.74, 6) is 0.664. The minimum atomic E-state index is -0.165. The first-order valence-electron chi connectivity index (χ1n) is 7.90. The Balaban J connectivity index is 1.65.